The molecule has 1 aromatic heterocycles. The van der Waals surface area contributed by atoms with Gasteiger partial charge in [0.05, 0.1) is 6.10 Å². The van der Waals surface area contributed by atoms with Crippen molar-refractivity contribution in [1.29, 1.82) is 0 Å². The molecular weight excluding hydrogens is 275 g/mol. The van der Waals surface area contributed by atoms with Gasteiger partial charge >= 0.3 is 6.18 Å². The van der Waals surface area contributed by atoms with Crippen LogP contribution in [-0.2, 0) is 0 Å². The molecular formula is C9H9BrF3NO. The van der Waals surface area contributed by atoms with E-state index >= 15 is 0 Å². The molecule has 15 heavy (non-hydrogen) atoms. The summed E-state index contributed by atoms with van der Waals surface area (Å²) in [7, 11) is 0. The van der Waals surface area contributed by atoms with Crippen LogP contribution in [0.2, 0.25) is 0 Å². The van der Waals surface area contributed by atoms with E-state index in [9.17, 15) is 18.3 Å². The third-order valence-electron chi connectivity index (χ3n) is 1.81. The minimum absolute atomic E-state index is 0.346. The molecule has 0 aliphatic carbocycles. The first-order valence-corrected chi connectivity index (χ1v) is 5.03. The van der Waals surface area contributed by atoms with Crippen molar-refractivity contribution >= 4 is 15.9 Å². The second-order valence-corrected chi connectivity index (χ2v) is 4.02. The Kier molecular flexibility index (Phi) is 4.10. The number of rotatable bonds is 3. The lowest BCUT2D eigenvalue weighted by molar-refractivity contribution is -0.140. The zero-order valence-corrected chi connectivity index (χ0v) is 9.22. The van der Waals surface area contributed by atoms with Crippen LogP contribution in [-0.4, -0.2) is 16.3 Å². The van der Waals surface area contributed by atoms with Crippen molar-refractivity contribution in [3.63, 3.8) is 0 Å². The fourth-order valence-corrected chi connectivity index (χ4v) is 1.46. The van der Waals surface area contributed by atoms with Crippen LogP contribution in [0.25, 0.3) is 0 Å². The van der Waals surface area contributed by atoms with Crippen LogP contribution in [0, 0.1) is 0 Å². The Labute approximate surface area is 93.3 Å². The Hall–Kier alpha value is -0.620. The molecule has 0 saturated heterocycles. The predicted molar refractivity (Wildman–Crippen MR) is 52.2 cm³/mol. The number of aromatic nitrogens is 1. The van der Waals surface area contributed by atoms with Gasteiger partial charge in [-0.25, -0.2) is 0 Å². The summed E-state index contributed by atoms with van der Waals surface area (Å²) < 4.78 is 36.3. The van der Waals surface area contributed by atoms with E-state index in [0.717, 1.165) is 0 Å². The summed E-state index contributed by atoms with van der Waals surface area (Å²) in [5.74, 6) is 0. The van der Waals surface area contributed by atoms with Crippen molar-refractivity contribution in [2.75, 3.05) is 0 Å². The molecule has 0 fully saturated rings. The standard InChI is InChI=1S/C9H9BrF3NO/c10-7-3-6(4-14-5-7)8(15)1-2-9(11,12)13/h3-5,8,15H,1-2H2. The van der Waals surface area contributed by atoms with Gasteiger partial charge in [0.25, 0.3) is 0 Å². The van der Waals surface area contributed by atoms with Crippen LogP contribution in [0.5, 0.6) is 0 Å². The van der Waals surface area contributed by atoms with Gasteiger partial charge in [-0.15, -0.1) is 0 Å². The SMILES string of the molecule is OC(CCC(F)(F)F)c1cncc(Br)c1. The third-order valence-corrected chi connectivity index (χ3v) is 2.25. The number of hydrogen-bond acceptors (Lipinski definition) is 2. The predicted octanol–water partition coefficient (Wildman–Crippen LogP) is 3.22. The van der Waals surface area contributed by atoms with Gasteiger partial charge in [0.15, 0.2) is 0 Å². The highest BCUT2D eigenvalue weighted by Crippen LogP contribution is 2.27. The molecule has 1 aromatic rings. The van der Waals surface area contributed by atoms with Gasteiger partial charge in [0, 0.05) is 23.3 Å². The highest BCUT2D eigenvalue weighted by atomic mass is 79.9. The molecule has 1 N–H and O–H groups in total. The quantitative estimate of drug-likeness (QED) is 0.924. The topological polar surface area (TPSA) is 33.1 Å². The van der Waals surface area contributed by atoms with E-state index in [1.165, 1.54) is 12.4 Å². The largest absolute Gasteiger partial charge is 0.389 e. The lowest BCUT2D eigenvalue weighted by Gasteiger charge is -2.12. The van der Waals surface area contributed by atoms with E-state index in [2.05, 4.69) is 20.9 Å². The molecule has 0 aliphatic heterocycles. The lowest BCUT2D eigenvalue weighted by Crippen LogP contribution is -2.10. The van der Waals surface area contributed by atoms with Crippen molar-refractivity contribution in [1.82, 2.24) is 4.98 Å². The molecule has 0 spiro atoms. The van der Waals surface area contributed by atoms with Crippen molar-refractivity contribution in [2.24, 2.45) is 0 Å². The maximum absolute atomic E-state index is 11.9. The molecule has 0 aromatic carbocycles. The average Bonchev–Trinajstić information content (AvgIpc) is 2.13. The molecule has 1 heterocycles. The maximum Gasteiger partial charge on any atom is 0.389 e. The minimum atomic E-state index is -4.24. The first-order chi connectivity index (χ1) is 6.88. The monoisotopic (exact) mass is 283 g/mol. The summed E-state index contributed by atoms with van der Waals surface area (Å²) in [6.45, 7) is 0. The second-order valence-electron chi connectivity index (χ2n) is 3.11. The minimum Gasteiger partial charge on any atom is -0.388 e. The fraction of sp³-hybridized carbons (Fsp3) is 0.444. The van der Waals surface area contributed by atoms with Crippen LogP contribution in [0.15, 0.2) is 22.9 Å². The van der Waals surface area contributed by atoms with Gasteiger partial charge in [-0.1, -0.05) is 0 Å². The molecule has 0 aliphatic rings. The number of pyridine rings is 1. The molecule has 6 heteroatoms. The van der Waals surface area contributed by atoms with Gasteiger partial charge in [-0.3, -0.25) is 4.98 Å². The van der Waals surface area contributed by atoms with E-state index in [-0.39, 0.29) is 6.42 Å². The number of aliphatic hydroxyl groups excluding tert-OH is 1. The molecule has 1 rings (SSSR count). The van der Waals surface area contributed by atoms with Gasteiger partial charge in [0.2, 0.25) is 0 Å². The summed E-state index contributed by atoms with van der Waals surface area (Å²) in [5, 5.41) is 9.45. The van der Waals surface area contributed by atoms with Crippen LogP contribution in [0.4, 0.5) is 13.2 Å². The summed E-state index contributed by atoms with van der Waals surface area (Å²) in [6.07, 6.45) is -3.86. The molecule has 0 saturated carbocycles. The smallest absolute Gasteiger partial charge is 0.388 e. The molecule has 1 atom stereocenters. The number of nitrogens with zero attached hydrogens (tertiary/aromatic N) is 1. The Morgan fingerprint density at radius 3 is 2.60 bits per heavy atom. The summed E-state index contributed by atoms with van der Waals surface area (Å²) in [5.41, 5.74) is 0.383. The first-order valence-electron chi connectivity index (χ1n) is 4.24. The van der Waals surface area contributed by atoms with Crippen molar-refractivity contribution in [3.05, 3.63) is 28.5 Å². The zero-order valence-electron chi connectivity index (χ0n) is 7.63. The highest BCUT2D eigenvalue weighted by Gasteiger charge is 2.28. The fourth-order valence-electron chi connectivity index (χ4n) is 1.08. The van der Waals surface area contributed by atoms with Crippen LogP contribution in [0.3, 0.4) is 0 Å². The van der Waals surface area contributed by atoms with Crippen LogP contribution >= 0.6 is 15.9 Å². The molecule has 1 unspecified atom stereocenters. The highest BCUT2D eigenvalue weighted by molar-refractivity contribution is 9.10. The normalized spacial score (nSPS) is 13.9. The zero-order chi connectivity index (χ0) is 11.5. The number of hydrogen-bond donors (Lipinski definition) is 1. The summed E-state index contributed by atoms with van der Waals surface area (Å²) in [6, 6.07) is 1.55. The van der Waals surface area contributed by atoms with Gasteiger partial charge in [-0.05, 0) is 34.0 Å². The second kappa shape index (κ2) is 4.94. The van der Waals surface area contributed by atoms with E-state index in [4.69, 9.17) is 0 Å². The molecule has 0 radical (unpaired) electrons. The first kappa shape index (κ1) is 12.4. The van der Waals surface area contributed by atoms with Crippen molar-refractivity contribution < 1.29 is 18.3 Å². The van der Waals surface area contributed by atoms with Gasteiger partial charge in [-0.2, -0.15) is 13.2 Å². The average molecular weight is 284 g/mol. The Bertz CT molecular complexity index is 329. The molecule has 0 amide bonds. The van der Waals surface area contributed by atoms with Crippen LogP contribution in [0.1, 0.15) is 24.5 Å². The number of alkyl halides is 3. The molecule has 0 bridgehead atoms. The summed E-state index contributed by atoms with van der Waals surface area (Å²) in [4.78, 5) is 3.76. The van der Waals surface area contributed by atoms with E-state index in [0.29, 0.717) is 10.0 Å². The Balaban J connectivity index is 2.58. The van der Waals surface area contributed by atoms with E-state index in [1.54, 1.807) is 6.07 Å². The van der Waals surface area contributed by atoms with Crippen molar-refractivity contribution in [2.45, 2.75) is 25.1 Å². The number of aliphatic hydroxyl groups is 1. The molecule has 84 valence electrons. The third kappa shape index (κ3) is 4.61. The maximum atomic E-state index is 11.9. The lowest BCUT2D eigenvalue weighted by atomic mass is 10.1. The Morgan fingerprint density at radius 2 is 2.07 bits per heavy atom. The Morgan fingerprint density at radius 1 is 1.40 bits per heavy atom. The van der Waals surface area contributed by atoms with E-state index in [1.807, 2.05) is 0 Å². The summed E-state index contributed by atoms with van der Waals surface area (Å²) >= 11 is 3.13. The number of halogens is 4. The van der Waals surface area contributed by atoms with E-state index < -0.39 is 18.7 Å². The van der Waals surface area contributed by atoms with Gasteiger partial charge in [0.1, 0.15) is 0 Å². The van der Waals surface area contributed by atoms with Gasteiger partial charge < -0.3 is 5.11 Å². The van der Waals surface area contributed by atoms with Crippen LogP contribution < -0.4 is 0 Å². The molecule has 2 nitrogen and oxygen atoms in total. The van der Waals surface area contributed by atoms with Crippen molar-refractivity contribution in [3.8, 4) is 0 Å².